The molecular formula is C13H13NO5. The monoisotopic (exact) mass is 263 g/mol. The first kappa shape index (κ1) is 13.1. The van der Waals surface area contributed by atoms with Crippen LogP contribution < -0.4 is 9.47 Å². The molecule has 0 unspecified atom stereocenters. The second-order valence-electron chi connectivity index (χ2n) is 3.74. The highest BCUT2D eigenvalue weighted by molar-refractivity contribution is 5.95. The predicted octanol–water partition coefficient (Wildman–Crippen LogP) is 1.31. The van der Waals surface area contributed by atoms with Crippen LogP contribution in [-0.2, 0) is 0 Å². The quantitative estimate of drug-likeness (QED) is 0.845. The first-order valence-electron chi connectivity index (χ1n) is 5.62. The molecule has 0 spiro atoms. The van der Waals surface area contributed by atoms with Crippen LogP contribution in [-0.4, -0.2) is 41.5 Å². The number of aliphatic hydroxyl groups excluding tert-OH is 1. The molecule has 2 N–H and O–H groups in total. The Morgan fingerprint density at radius 2 is 2.16 bits per heavy atom. The molecule has 0 amide bonds. The van der Waals surface area contributed by atoms with Crippen LogP contribution in [0.3, 0.4) is 0 Å². The van der Waals surface area contributed by atoms with Crippen LogP contribution in [0.2, 0.25) is 0 Å². The van der Waals surface area contributed by atoms with Gasteiger partial charge in [-0.2, -0.15) is 0 Å². The molecule has 0 radical (unpaired) electrons. The lowest BCUT2D eigenvalue weighted by Gasteiger charge is -2.11. The minimum Gasteiger partial charge on any atom is -0.494 e. The lowest BCUT2D eigenvalue weighted by molar-refractivity contribution is 0.0690. The van der Waals surface area contributed by atoms with Gasteiger partial charge in [-0.1, -0.05) is 6.07 Å². The van der Waals surface area contributed by atoms with Crippen LogP contribution in [0.15, 0.2) is 24.3 Å². The van der Waals surface area contributed by atoms with Crippen molar-refractivity contribution < 1.29 is 24.5 Å². The molecule has 6 nitrogen and oxygen atoms in total. The second kappa shape index (κ2) is 5.53. The molecule has 2 rings (SSSR count). The number of methoxy groups -OCH3 is 1. The van der Waals surface area contributed by atoms with E-state index in [1.807, 2.05) is 0 Å². The fraction of sp³-hybridized carbons (Fsp3) is 0.231. The number of carboxylic acids is 1. The van der Waals surface area contributed by atoms with E-state index in [2.05, 4.69) is 4.98 Å². The first-order chi connectivity index (χ1) is 9.17. The van der Waals surface area contributed by atoms with Crippen LogP contribution in [0.1, 0.15) is 10.5 Å². The molecule has 2 aromatic rings. The number of nitrogens with zero attached hydrogens (tertiary/aromatic N) is 1. The minimum absolute atomic E-state index is 0.0788. The average Bonchev–Trinajstić information content (AvgIpc) is 2.43. The van der Waals surface area contributed by atoms with Crippen molar-refractivity contribution in [3.8, 4) is 11.5 Å². The van der Waals surface area contributed by atoms with Gasteiger partial charge in [0.05, 0.1) is 13.7 Å². The molecule has 0 saturated heterocycles. The summed E-state index contributed by atoms with van der Waals surface area (Å²) in [5.41, 5.74) is 0.280. The van der Waals surface area contributed by atoms with E-state index in [-0.39, 0.29) is 18.9 Å². The molecule has 0 aliphatic rings. The second-order valence-corrected chi connectivity index (χ2v) is 3.74. The van der Waals surface area contributed by atoms with Crippen molar-refractivity contribution in [2.24, 2.45) is 0 Å². The van der Waals surface area contributed by atoms with Gasteiger partial charge in [-0.05, 0) is 12.1 Å². The summed E-state index contributed by atoms with van der Waals surface area (Å²) in [6.45, 7) is -0.0778. The van der Waals surface area contributed by atoms with Crippen LogP contribution in [0.4, 0.5) is 0 Å². The Morgan fingerprint density at radius 1 is 1.37 bits per heavy atom. The number of hydrogen-bond donors (Lipinski definition) is 2. The van der Waals surface area contributed by atoms with Gasteiger partial charge in [0.2, 0.25) is 0 Å². The van der Waals surface area contributed by atoms with Gasteiger partial charge < -0.3 is 19.7 Å². The fourth-order valence-electron chi connectivity index (χ4n) is 1.74. The summed E-state index contributed by atoms with van der Waals surface area (Å²) in [6.07, 6.45) is 0. The van der Waals surface area contributed by atoms with Gasteiger partial charge >= 0.3 is 5.97 Å². The molecule has 1 aromatic heterocycles. The Hall–Kier alpha value is -2.34. The Bertz CT molecular complexity index is 611. The number of hydrogen-bond acceptors (Lipinski definition) is 5. The van der Waals surface area contributed by atoms with Crippen molar-refractivity contribution in [3.05, 3.63) is 30.0 Å². The molecule has 19 heavy (non-hydrogen) atoms. The summed E-state index contributed by atoms with van der Waals surface area (Å²) >= 11 is 0. The number of para-hydroxylation sites is 1. The number of benzene rings is 1. The van der Waals surface area contributed by atoms with Gasteiger partial charge in [-0.15, -0.1) is 0 Å². The van der Waals surface area contributed by atoms with E-state index in [9.17, 15) is 4.79 Å². The molecule has 0 aliphatic carbocycles. The maximum Gasteiger partial charge on any atom is 0.354 e. The molecule has 0 bridgehead atoms. The Balaban J connectivity index is 2.66. The summed E-state index contributed by atoms with van der Waals surface area (Å²) in [6, 6.07) is 6.54. The number of ether oxygens (including phenoxy) is 2. The standard InChI is InChI=1S/C13H13NO5/c1-18-10-4-2-3-8-11(19-6-5-15)7-9(13(16)17)14-12(8)10/h2-4,7,15H,5-6H2,1H3,(H,16,17). The molecular weight excluding hydrogens is 250 g/mol. The SMILES string of the molecule is COc1cccc2c(OCCO)cc(C(=O)O)nc12. The third-order valence-corrected chi connectivity index (χ3v) is 2.55. The molecule has 0 saturated carbocycles. The minimum atomic E-state index is -1.15. The van der Waals surface area contributed by atoms with E-state index in [0.29, 0.717) is 22.4 Å². The topological polar surface area (TPSA) is 88.9 Å². The molecule has 0 aliphatic heterocycles. The molecule has 0 atom stereocenters. The highest BCUT2D eigenvalue weighted by Gasteiger charge is 2.14. The molecule has 1 aromatic carbocycles. The number of aromatic carboxylic acids is 1. The summed E-state index contributed by atoms with van der Waals surface area (Å²) < 4.78 is 10.5. The zero-order chi connectivity index (χ0) is 13.8. The van der Waals surface area contributed by atoms with Gasteiger partial charge in [0, 0.05) is 11.5 Å². The highest BCUT2D eigenvalue weighted by Crippen LogP contribution is 2.31. The largest absolute Gasteiger partial charge is 0.494 e. The van der Waals surface area contributed by atoms with Crippen molar-refractivity contribution >= 4 is 16.9 Å². The summed E-state index contributed by atoms with van der Waals surface area (Å²) in [4.78, 5) is 15.1. The molecule has 1 heterocycles. The van der Waals surface area contributed by atoms with Gasteiger partial charge in [-0.25, -0.2) is 9.78 Å². The third-order valence-electron chi connectivity index (χ3n) is 2.55. The Kier molecular flexibility index (Phi) is 3.82. The van der Waals surface area contributed by atoms with Crippen LogP contribution in [0.5, 0.6) is 11.5 Å². The number of carbonyl (C=O) groups is 1. The third kappa shape index (κ3) is 2.58. The normalized spacial score (nSPS) is 10.4. The van der Waals surface area contributed by atoms with Crippen molar-refractivity contribution in [1.82, 2.24) is 4.98 Å². The number of rotatable bonds is 5. The lowest BCUT2D eigenvalue weighted by atomic mass is 10.1. The van der Waals surface area contributed by atoms with Gasteiger partial charge in [0.25, 0.3) is 0 Å². The summed E-state index contributed by atoms with van der Waals surface area (Å²) in [7, 11) is 1.48. The Labute approximate surface area is 109 Å². The molecule has 0 fully saturated rings. The van der Waals surface area contributed by atoms with Crippen LogP contribution in [0, 0.1) is 0 Å². The van der Waals surface area contributed by atoms with E-state index in [1.165, 1.54) is 13.2 Å². The van der Waals surface area contributed by atoms with Crippen molar-refractivity contribution in [3.63, 3.8) is 0 Å². The van der Waals surface area contributed by atoms with E-state index in [0.717, 1.165) is 0 Å². The summed E-state index contributed by atoms with van der Waals surface area (Å²) in [5, 5.41) is 18.5. The lowest BCUT2D eigenvalue weighted by Crippen LogP contribution is -2.06. The van der Waals surface area contributed by atoms with E-state index in [1.54, 1.807) is 18.2 Å². The first-order valence-corrected chi connectivity index (χ1v) is 5.62. The molecule has 100 valence electrons. The number of carboxylic acid groups (broad SMARTS) is 1. The zero-order valence-electron chi connectivity index (χ0n) is 10.3. The zero-order valence-corrected chi connectivity index (χ0v) is 10.3. The van der Waals surface area contributed by atoms with Crippen LogP contribution in [0.25, 0.3) is 10.9 Å². The maximum atomic E-state index is 11.1. The van der Waals surface area contributed by atoms with Crippen LogP contribution >= 0.6 is 0 Å². The van der Waals surface area contributed by atoms with E-state index < -0.39 is 5.97 Å². The van der Waals surface area contributed by atoms with Crippen molar-refractivity contribution in [2.45, 2.75) is 0 Å². The number of aliphatic hydroxyl groups is 1. The van der Waals surface area contributed by atoms with E-state index >= 15 is 0 Å². The summed E-state index contributed by atoms with van der Waals surface area (Å²) in [5.74, 6) is -0.327. The number of aromatic nitrogens is 1. The molecule has 6 heteroatoms. The highest BCUT2D eigenvalue weighted by atomic mass is 16.5. The van der Waals surface area contributed by atoms with E-state index in [4.69, 9.17) is 19.7 Å². The Morgan fingerprint density at radius 3 is 2.79 bits per heavy atom. The van der Waals surface area contributed by atoms with Gasteiger partial charge in [-0.3, -0.25) is 0 Å². The average molecular weight is 263 g/mol. The van der Waals surface area contributed by atoms with Gasteiger partial charge in [0.15, 0.2) is 5.69 Å². The fourth-order valence-corrected chi connectivity index (χ4v) is 1.74. The predicted molar refractivity (Wildman–Crippen MR) is 67.8 cm³/mol. The maximum absolute atomic E-state index is 11.1. The smallest absolute Gasteiger partial charge is 0.354 e. The van der Waals surface area contributed by atoms with Crippen molar-refractivity contribution in [1.29, 1.82) is 0 Å². The number of fused-ring (bicyclic) bond motifs is 1. The number of pyridine rings is 1. The van der Waals surface area contributed by atoms with Crippen molar-refractivity contribution in [2.75, 3.05) is 20.3 Å². The van der Waals surface area contributed by atoms with Gasteiger partial charge in [0.1, 0.15) is 23.6 Å².